The summed E-state index contributed by atoms with van der Waals surface area (Å²) in [6, 6.07) is 4.66. The molecule has 0 bridgehead atoms. The molecule has 3 nitrogen and oxygen atoms in total. The number of rotatable bonds is 3. The lowest BCUT2D eigenvalue weighted by molar-refractivity contribution is -0.116. The van der Waals surface area contributed by atoms with Crippen molar-refractivity contribution in [2.45, 2.75) is 13.0 Å². The van der Waals surface area contributed by atoms with Crippen molar-refractivity contribution in [2.75, 3.05) is 11.1 Å². The monoisotopic (exact) mass is 244 g/mol. The van der Waals surface area contributed by atoms with Crippen molar-refractivity contribution in [1.82, 2.24) is 0 Å². The summed E-state index contributed by atoms with van der Waals surface area (Å²) < 4.78 is 0. The first-order chi connectivity index (χ1) is 7.04. The molecule has 5 heteroatoms. The predicted molar refractivity (Wildman–Crippen MR) is 66.6 cm³/mol. The third kappa shape index (κ3) is 3.41. The number of hydrogen-bond acceptors (Lipinski definition) is 3. The van der Waals surface area contributed by atoms with Crippen LogP contribution in [-0.4, -0.2) is 17.7 Å². The Kier molecular flexibility index (Phi) is 4.45. The summed E-state index contributed by atoms with van der Waals surface area (Å²) in [5.41, 5.74) is 7.16. The Labute approximate surface area is 99.4 Å². The Hall–Kier alpha value is -0.710. The van der Waals surface area contributed by atoms with Crippen LogP contribution < -0.4 is 11.1 Å². The minimum Gasteiger partial charge on any atom is -0.324 e. The molecule has 0 radical (unpaired) electrons. The molecular weight excluding hydrogens is 232 g/mol. The zero-order valence-corrected chi connectivity index (χ0v) is 9.98. The quantitative estimate of drug-likeness (QED) is 0.711. The average molecular weight is 245 g/mol. The van der Waals surface area contributed by atoms with Gasteiger partial charge in [-0.2, -0.15) is 12.6 Å². The van der Waals surface area contributed by atoms with Crippen molar-refractivity contribution >= 4 is 35.8 Å². The Morgan fingerprint density at radius 2 is 2.33 bits per heavy atom. The molecule has 0 aliphatic rings. The maximum absolute atomic E-state index is 11.5. The predicted octanol–water partition coefficient (Wildman–Crippen LogP) is 1.84. The molecule has 1 atom stereocenters. The molecule has 1 aromatic carbocycles. The van der Waals surface area contributed by atoms with Crippen molar-refractivity contribution in [3.8, 4) is 0 Å². The molecule has 0 aromatic heterocycles. The van der Waals surface area contributed by atoms with Crippen molar-refractivity contribution in [3.63, 3.8) is 0 Å². The molecule has 15 heavy (non-hydrogen) atoms. The SMILES string of the molecule is Cc1cc(Cl)ccc1NC(=O)C(N)CS. The molecule has 0 heterocycles. The van der Waals surface area contributed by atoms with E-state index in [0.717, 1.165) is 11.3 Å². The summed E-state index contributed by atoms with van der Waals surface area (Å²) in [7, 11) is 0. The largest absolute Gasteiger partial charge is 0.324 e. The van der Waals surface area contributed by atoms with Gasteiger partial charge in [0.1, 0.15) is 0 Å². The number of amides is 1. The van der Waals surface area contributed by atoms with Gasteiger partial charge in [-0.25, -0.2) is 0 Å². The van der Waals surface area contributed by atoms with E-state index in [2.05, 4.69) is 17.9 Å². The van der Waals surface area contributed by atoms with Gasteiger partial charge in [-0.15, -0.1) is 0 Å². The smallest absolute Gasteiger partial charge is 0.242 e. The van der Waals surface area contributed by atoms with Crippen LogP contribution in [0, 0.1) is 6.92 Å². The number of benzene rings is 1. The van der Waals surface area contributed by atoms with Crippen LogP contribution in [0.15, 0.2) is 18.2 Å². The number of halogens is 1. The third-order valence-electron chi connectivity index (χ3n) is 1.98. The zero-order valence-electron chi connectivity index (χ0n) is 8.33. The summed E-state index contributed by atoms with van der Waals surface area (Å²) in [6.07, 6.45) is 0. The zero-order chi connectivity index (χ0) is 11.4. The Morgan fingerprint density at radius 1 is 1.67 bits per heavy atom. The van der Waals surface area contributed by atoms with E-state index in [4.69, 9.17) is 17.3 Å². The highest BCUT2D eigenvalue weighted by Crippen LogP contribution is 2.19. The second kappa shape index (κ2) is 5.39. The molecule has 1 unspecified atom stereocenters. The highest BCUT2D eigenvalue weighted by Gasteiger charge is 2.12. The number of aryl methyl sites for hydroxylation is 1. The summed E-state index contributed by atoms with van der Waals surface area (Å²) >= 11 is 9.75. The second-order valence-electron chi connectivity index (χ2n) is 3.24. The number of thiol groups is 1. The van der Waals surface area contributed by atoms with Crippen LogP contribution in [-0.2, 0) is 4.79 Å². The molecule has 0 saturated carbocycles. The normalized spacial score (nSPS) is 12.3. The maximum atomic E-state index is 11.5. The van der Waals surface area contributed by atoms with E-state index in [1.807, 2.05) is 6.92 Å². The Bertz CT molecular complexity index is 370. The van der Waals surface area contributed by atoms with Crippen molar-refractivity contribution < 1.29 is 4.79 Å². The lowest BCUT2D eigenvalue weighted by Gasteiger charge is -2.11. The number of carbonyl (C=O) groups is 1. The Balaban J connectivity index is 2.77. The number of nitrogens with two attached hydrogens (primary N) is 1. The maximum Gasteiger partial charge on any atom is 0.242 e. The van der Waals surface area contributed by atoms with Gasteiger partial charge in [-0.05, 0) is 30.7 Å². The molecule has 0 aliphatic heterocycles. The fourth-order valence-corrected chi connectivity index (χ4v) is 1.47. The van der Waals surface area contributed by atoms with E-state index < -0.39 is 6.04 Å². The highest BCUT2D eigenvalue weighted by atomic mass is 35.5. The van der Waals surface area contributed by atoms with Gasteiger partial charge in [-0.1, -0.05) is 11.6 Å². The number of nitrogens with one attached hydrogen (secondary N) is 1. The molecule has 0 fully saturated rings. The van der Waals surface area contributed by atoms with Crippen LogP contribution in [0.4, 0.5) is 5.69 Å². The van der Waals surface area contributed by atoms with Gasteiger partial charge >= 0.3 is 0 Å². The van der Waals surface area contributed by atoms with Gasteiger partial charge in [-0.3, -0.25) is 4.79 Å². The summed E-state index contributed by atoms with van der Waals surface area (Å²) in [6.45, 7) is 1.87. The van der Waals surface area contributed by atoms with Gasteiger partial charge in [0.05, 0.1) is 6.04 Å². The van der Waals surface area contributed by atoms with Gasteiger partial charge in [0, 0.05) is 16.5 Å². The molecule has 0 aliphatic carbocycles. The van der Waals surface area contributed by atoms with Gasteiger partial charge in [0.15, 0.2) is 0 Å². The molecule has 3 N–H and O–H groups in total. The van der Waals surface area contributed by atoms with Crippen LogP contribution in [0.2, 0.25) is 5.02 Å². The minimum absolute atomic E-state index is 0.240. The Morgan fingerprint density at radius 3 is 2.87 bits per heavy atom. The van der Waals surface area contributed by atoms with Gasteiger partial charge in [0.2, 0.25) is 5.91 Å². The summed E-state index contributed by atoms with van der Waals surface area (Å²) in [4.78, 5) is 11.5. The van der Waals surface area contributed by atoms with E-state index in [1.165, 1.54) is 0 Å². The average Bonchev–Trinajstić information content (AvgIpc) is 2.20. The number of carbonyl (C=O) groups excluding carboxylic acids is 1. The van der Waals surface area contributed by atoms with Crippen molar-refractivity contribution in [2.24, 2.45) is 5.73 Å². The van der Waals surface area contributed by atoms with E-state index in [9.17, 15) is 4.79 Å². The molecular formula is C10H13ClN2OS. The summed E-state index contributed by atoms with van der Waals surface area (Å²) in [5.74, 6) is 0.0776. The lowest BCUT2D eigenvalue weighted by Crippen LogP contribution is -2.37. The first-order valence-electron chi connectivity index (χ1n) is 4.48. The second-order valence-corrected chi connectivity index (χ2v) is 4.04. The summed E-state index contributed by atoms with van der Waals surface area (Å²) in [5, 5.41) is 3.36. The minimum atomic E-state index is -0.594. The van der Waals surface area contributed by atoms with E-state index in [0.29, 0.717) is 10.8 Å². The first-order valence-corrected chi connectivity index (χ1v) is 5.49. The molecule has 0 saturated heterocycles. The molecule has 1 aromatic rings. The van der Waals surface area contributed by atoms with Crippen molar-refractivity contribution in [1.29, 1.82) is 0 Å². The fraction of sp³-hybridized carbons (Fsp3) is 0.300. The van der Waals surface area contributed by atoms with Crippen molar-refractivity contribution in [3.05, 3.63) is 28.8 Å². The van der Waals surface area contributed by atoms with Crippen LogP contribution in [0.5, 0.6) is 0 Å². The van der Waals surface area contributed by atoms with E-state index in [1.54, 1.807) is 18.2 Å². The first kappa shape index (κ1) is 12.4. The fourth-order valence-electron chi connectivity index (χ4n) is 1.08. The molecule has 82 valence electrons. The van der Waals surface area contributed by atoms with Crippen LogP contribution >= 0.6 is 24.2 Å². The standard InChI is InChI=1S/C10H13ClN2OS/c1-6-4-7(11)2-3-9(6)13-10(14)8(12)5-15/h2-4,8,15H,5,12H2,1H3,(H,13,14). The topological polar surface area (TPSA) is 55.1 Å². The van der Waals surface area contributed by atoms with Crippen LogP contribution in [0.3, 0.4) is 0 Å². The van der Waals surface area contributed by atoms with Gasteiger partial charge in [0.25, 0.3) is 0 Å². The molecule has 1 rings (SSSR count). The number of anilines is 1. The molecule has 0 spiro atoms. The van der Waals surface area contributed by atoms with Crippen LogP contribution in [0.25, 0.3) is 0 Å². The van der Waals surface area contributed by atoms with E-state index in [-0.39, 0.29) is 5.91 Å². The van der Waals surface area contributed by atoms with E-state index >= 15 is 0 Å². The number of hydrogen-bond donors (Lipinski definition) is 3. The molecule has 1 amide bonds. The lowest BCUT2D eigenvalue weighted by atomic mass is 10.2. The van der Waals surface area contributed by atoms with Crippen LogP contribution in [0.1, 0.15) is 5.56 Å². The van der Waals surface area contributed by atoms with Gasteiger partial charge < -0.3 is 11.1 Å². The third-order valence-corrected chi connectivity index (χ3v) is 2.61. The highest BCUT2D eigenvalue weighted by molar-refractivity contribution is 7.80.